The maximum absolute atomic E-state index is 4.26. The van der Waals surface area contributed by atoms with Crippen molar-refractivity contribution in [1.82, 2.24) is 0 Å². The molecular formula is H16Cl2MgO9. The van der Waals surface area contributed by atoms with Gasteiger partial charge in [0, 0.05) is 23.1 Å². The number of hydrogen-bond donors (Lipinski definition) is 0. The topological polar surface area (TPSA) is 261 Å². The van der Waals surface area contributed by atoms with Gasteiger partial charge in [-0.2, -0.15) is 3.84 Å². The van der Waals surface area contributed by atoms with E-state index in [0.717, 1.165) is 0 Å². The fourth-order valence-corrected chi connectivity index (χ4v) is 0. The van der Waals surface area contributed by atoms with Crippen LogP contribution in [0.1, 0.15) is 0 Å². The van der Waals surface area contributed by atoms with Crippen molar-refractivity contribution in [1.29, 1.82) is 0 Å². The Kier molecular flexibility index (Phi) is 6390. The van der Waals surface area contributed by atoms with E-state index < -0.39 is 0 Å². The molecule has 12 heteroatoms. The summed E-state index contributed by atoms with van der Waals surface area (Å²) in [5.41, 5.74) is 0. The fraction of sp³-hybridized carbons (Fsp3) is 0. The van der Waals surface area contributed by atoms with Crippen LogP contribution in [0.3, 0.4) is 0 Å². The van der Waals surface area contributed by atoms with Gasteiger partial charge >= 0.3 is 0 Å². The van der Waals surface area contributed by atoms with E-state index in [1.165, 1.54) is 0 Å². The first-order chi connectivity index (χ1) is 1.41. The van der Waals surface area contributed by atoms with Crippen LogP contribution in [-0.2, 0) is 3.84 Å². The Labute approximate surface area is 94.6 Å². The van der Waals surface area contributed by atoms with Crippen LogP contribution in [0.4, 0.5) is 0 Å². The van der Waals surface area contributed by atoms with Crippen LogP contribution in [0, 0.1) is 0 Å². The van der Waals surface area contributed by atoms with E-state index in [2.05, 4.69) is 27.6 Å². The first kappa shape index (κ1) is 209. The molecule has 0 aliphatic heterocycles. The van der Waals surface area contributed by atoms with Crippen molar-refractivity contribution in [3.63, 3.8) is 0 Å². The molecule has 0 aromatic rings. The molecule has 0 aliphatic carbocycles. The molecule has 86 valence electrons. The van der Waals surface area contributed by atoms with Crippen LogP contribution >= 0.6 is 23.7 Å². The van der Waals surface area contributed by atoms with Gasteiger partial charge in [-0.1, -0.05) is 0 Å². The van der Waals surface area contributed by atoms with E-state index in [9.17, 15) is 0 Å². The molecule has 0 heterocycles. The SMILES string of the molecule is ClOCl.O.O.O.O.O.O.O.O.[Mg]. The minimum atomic E-state index is 0. The summed E-state index contributed by atoms with van der Waals surface area (Å²) >= 11 is 8.53. The van der Waals surface area contributed by atoms with Gasteiger partial charge in [-0.15, -0.1) is 0 Å². The summed E-state index contributed by atoms with van der Waals surface area (Å²) in [6.45, 7) is 0. The lowest BCUT2D eigenvalue weighted by molar-refractivity contribution is 0.697. The smallest absolute Gasteiger partial charge is 0.0832 e. The third kappa shape index (κ3) is 1130. The average molecular weight is 255 g/mol. The predicted octanol–water partition coefficient (Wildman–Crippen LogP) is -5.67. The van der Waals surface area contributed by atoms with Crippen molar-refractivity contribution in [3.8, 4) is 0 Å². The molecule has 16 N–H and O–H groups in total. The highest BCUT2D eigenvalue weighted by atomic mass is 35.6. The highest BCUT2D eigenvalue weighted by Crippen LogP contribution is 1.78. The Morgan fingerprint density at radius 1 is 0.500 bits per heavy atom. The summed E-state index contributed by atoms with van der Waals surface area (Å²) in [4.78, 5) is 0. The molecule has 0 bridgehead atoms. The summed E-state index contributed by atoms with van der Waals surface area (Å²) in [7, 11) is 0. The molecule has 0 atom stereocenters. The van der Waals surface area contributed by atoms with Crippen LogP contribution in [0.2, 0.25) is 0 Å². The van der Waals surface area contributed by atoms with Crippen LogP contribution in [0.5, 0.6) is 0 Å². The Balaban J connectivity index is -0.000000000556. The zero-order chi connectivity index (χ0) is 2.71. The molecule has 9 nitrogen and oxygen atoms in total. The zero-order valence-electron chi connectivity index (χ0n) is 5.87. The zero-order valence-corrected chi connectivity index (χ0v) is 8.80. The molecule has 0 rings (SSSR count). The predicted molar refractivity (Wildman–Crippen MR) is 47.5 cm³/mol. The number of halogens is 2. The van der Waals surface area contributed by atoms with E-state index in [1.807, 2.05) is 0 Å². The summed E-state index contributed by atoms with van der Waals surface area (Å²) in [5.74, 6) is 0. The van der Waals surface area contributed by atoms with Crippen LogP contribution < -0.4 is 0 Å². The van der Waals surface area contributed by atoms with Gasteiger partial charge in [0.15, 0.2) is 0 Å². The van der Waals surface area contributed by atoms with Crippen LogP contribution in [-0.4, -0.2) is 66.9 Å². The number of rotatable bonds is 0. The molecule has 0 aromatic heterocycles. The largest absolute Gasteiger partial charge is 0.412 e. The molecule has 0 amide bonds. The van der Waals surface area contributed by atoms with Crippen molar-refractivity contribution in [2.24, 2.45) is 0 Å². The molecule has 0 aromatic carbocycles. The first-order valence-electron chi connectivity index (χ1n) is 0.309. The van der Waals surface area contributed by atoms with E-state index in [4.69, 9.17) is 0 Å². The summed E-state index contributed by atoms with van der Waals surface area (Å²) in [6.07, 6.45) is 0. The Morgan fingerprint density at radius 2 is 0.500 bits per heavy atom. The van der Waals surface area contributed by atoms with Gasteiger partial charge in [0.1, 0.15) is 0 Å². The van der Waals surface area contributed by atoms with Crippen molar-refractivity contribution < 1.29 is 47.7 Å². The second-order valence-electron chi connectivity index (χ2n) is 0.0583. The Bertz CT molecular complexity index is 12.5. The van der Waals surface area contributed by atoms with Crippen molar-refractivity contribution in [2.75, 3.05) is 0 Å². The average Bonchev–Trinajstić information content (AvgIpc) is 0.918. The molecule has 0 unspecified atom stereocenters. The molecular weight excluding hydrogens is 239 g/mol. The molecule has 0 saturated carbocycles. The maximum atomic E-state index is 4.26. The lowest BCUT2D eigenvalue weighted by Crippen LogP contribution is -1.15. The third-order valence-electron chi connectivity index (χ3n) is 0. The lowest BCUT2D eigenvalue weighted by atomic mass is 15.9. The summed E-state index contributed by atoms with van der Waals surface area (Å²) in [6, 6.07) is 0. The van der Waals surface area contributed by atoms with Crippen molar-refractivity contribution in [2.45, 2.75) is 0 Å². The minimum absolute atomic E-state index is 0. The summed E-state index contributed by atoms with van der Waals surface area (Å²) < 4.78 is 3.19. The van der Waals surface area contributed by atoms with E-state index in [0.29, 0.717) is 0 Å². The van der Waals surface area contributed by atoms with Gasteiger partial charge in [0.05, 0.1) is 23.7 Å². The molecule has 0 spiro atoms. The minimum Gasteiger partial charge on any atom is -0.412 e. The fourth-order valence-electron chi connectivity index (χ4n) is 0. The lowest BCUT2D eigenvalue weighted by Gasteiger charge is -1.46. The molecule has 12 heavy (non-hydrogen) atoms. The van der Waals surface area contributed by atoms with Crippen molar-refractivity contribution in [3.05, 3.63) is 0 Å². The molecule has 0 fully saturated rings. The monoisotopic (exact) mass is 254 g/mol. The van der Waals surface area contributed by atoms with Gasteiger partial charge < -0.3 is 43.8 Å². The van der Waals surface area contributed by atoms with E-state index in [1.54, 1.807) is 0 Å². The Hall–Kier alpha value is 0.986. The maximum Gasteiger partial charge on any atom is 0.0832 e. The molecule has 0 saturated heterocycles. The first-order valence-corrected chi connectivity index (χ1v) is 0.926. The highest BCUT2D eigenvalue weighted by molar-refractivity contribution is 6.24. The third-order valence-corrected chi connectivity index (χ3v) is 0. The van der Waals surface area contributed by atoms with Gasteiger partial charge in [0.2, 0.25) is 0 Å². The van der Waals surface area contributed by atoms with Crippen LogP contribution in [0.25, 0.3) is 0 Å². The van der Waals surface area contributed by atoms with E-state index in [-0.39, 0.29) is 66.9 Å². The summed E-state index contributed by atoms with van der Waals surface area (Å²) in [5, 5.41) is 0. The molecule has 2 radical (unpaired) electrons. The Morgan fingerprint density at radius 3 is 0.500 bits per heavy atom. The van der Waals surface area contributed by atoms with Gasteiger partial charge in [-0.3, -0.25) is 0 Å². The quantitative estimate of drug-likeness (QED) is 0.376. The van der Waals surface area contributed by atoms with Gasteiger partial charge in [0.25, 0.3) is 0 Å². The molecule has 0 aliphatic rings. The van der Waals surface area contributed by atoms with Gasteiger partial charge in [-0.25, -0.2) is 0 Å². The second-order valence-corrected chi connectivity index (χ2v) is 0.525. The van der Waals surface area contributed by atoms with E-state index >= 15 is 0 Å². The normalized spacial score (nSPS) is 1.50. The number of hydrogen-bond acceptors (Lipinski definition) is 1. The standard InChI is InChI=1S/Cl2O.Mg.8H2O/c1-3-2;;;;;;;;;/h;;8*1H2. The highest BCUT2D eigenvalue weighted by Gasteiger charge is 1.38. The van der Waals surface area contributed by atoms with Crippen LogP contribution in [0.15, 0.2) is 0 Å². The second kappa shape index (κ2) is 367. The van der Waals surface area contributed by atoms with Crippen molar-refractivity contribution >= 4 is 46.8 Å². The van der Waals surface area contributed by atoms with Gasteiger partial charge in [-0.05, 0) is 0 Å².